The van der Waals surface area contributed by atoms with E-state index in [1.54, 1.807) is 0 Å². The van der Waals surface area contributed by atoms with E-state index in [1.807, 2.05) is 37.3 Å². The highest BCUT2D eigenvalue weighted by molar-refractivity contribution is 5.95. The lowest BCUT2D eigenvalue weighted by Gasteiger charge is -2.13. The molecule has 3 amide bonds. The van der Waals surface area contributed by atoms with E-state index in [1.165, 1.54) is 18.4 Å². The first-order valence-electron chi connectivity index (χ1n) is 9.50. The number of rotatable bonds is 8. The Bertz CT molecular complexity index is 670. The van der Waals surface area contributed by atoms with Gasteiger partial charge in [0.15, 0.2) is 6.61 Å². The molecule has 1 aliphatic carbocycles. The molecule has 0 aromatic heterocycles. The molecule has 0 spiro atoms. The topological polar surface area (TPSA) is 84.5 Å². The number of carbonyl (C=O) groups excluding carboxylic acids is 3. The molecule has 2 rings (SSSR count). The summed E-state index contributed by atoms with van der Waals surface area (Å²) in [5, 5.41) is 4.82. The van der Waals surface area contributed by atoms with E-state index in [9.17, 15) is 14.4 Å². The lowest BCUT2D eigenvalue weighted by atomic mass is 9.97. The number of allylic oxidation sites excluding steroid dienone is 1. The van der Waals surface area contributed by atoms with Gasteiger partial charge >= 0.3 is 12.0 Å². The predicted molar refractivity (Wildman–Crippen MR) is 103 cm³/mol. The standard InChI is InChI=1S/C21H28N2O4/c1-16(18-10-6-3-7-11-18)14-20(25)27-15-19(24)23-21(26)22-13-12-17-8-4-2-5-9-17/h3,6-8,10-11,16H,2,4-5,9,12-15H2,1H3,(H2,22,23,24,26)/t16-/m1/s1. The third-order valence-corrected chi connectivity index (χ3v) is 4.58. The molecule has 0 radical (unpaired) electrons. The molecule has 0 saturated heterocycles. The lowest BCUT2D eigenvalue weighted by Crippen LogP contribution is -2.41. The van der Waals surface area contributed by atoms with Crippen molar-refractivity contribution < 1.29 is 19.1 Å². The predicted octanol–water partition coefficient (Wildman–Crippen LogP) is 3.44. The molecular weight excluding hydrogens is 344 g/mol. The number of ether oxygens (including phenoxy) is 1. The second-order valence-electron chi connectivity index (χ2n) is 6.84. The van der Waals surface area contributed by atoms with Gasteiger partial charge in [0, 0.05) is 6.54 Å². The van der Waals surface area contributed by atoms with Crippen LogP contribution in [-0.2, 0) is 14.3 Å². The number of hydrogen-bond donors (Lipinski definition) is 2. The zero-order valence-electron chi connectivity index (χ0n) is 15.8. The van der Waals surface area contributed by atoms with E-state index in [4.69, 9.17) is 4.74 Å². The summed E-state index contributed by atoms with van der Waals surface area (Å²) in [5.74, 6) is -1.10. The van der Waals surface area contributed by atoms with E-state index < -0.39 is 24.5 Å². The van der Waals surface area contributed by atoms with Crippen molar-refractivity contribution in [2.75, 3.05) is 13.2 Å². The lowest BCUT2D eigenvalue weighted by molar-refractivity contribution is -0.148. The highest BCUT2D eigenvalue weighted by Gasteiger charge is 2.15. The summed E-state index contributed by atoms with van der Waals surface area (Å²) in [7, 11) is 0. The van der Waals surface area contributed by atoms with Crippen LogP contribution >= 0.6 is 0 Å². The number of urea groups is 1. The zero-order chi connectivity index (χ0) is 19.5. The molecule has 0 fully saturated rings. The van der Waals surface area contributed by atoms with Gasteiger partial charge in [0.25, 0.3) is 5.91 Å². The normalized spacial score (nSPS) is 14.6. The van der Waals surface area contributed by atoms with Gasteiger partial charge < -0.3 is 10.1 Å². The van der Waals surface area contributed by atoms with Crippen LogP contribution in [0.2, 0.25) is 0 Å². The summed E-state index contributed by atoms with van der Waals surface area (Å²) >= 11 is 0. The van der Waals surface area contributed by atoms with Crippen LogP contribution < -0.4 is 10.6 Å². The largest absolute Gasteiger partial charge is 0.456 e. The van der Waals surface area contributed by atoms with E-state index in [0.29, 0.717) is 6.54 Å². The molecule has 1 aliphatic rings. The van der Waals surface area contributed by atoms with Gasteiger partial charge in [-0.25, -0.2) is 4.79 Å². The number of amides is 3. The van der Waals surface area contributed by atoms with Crippen molar-refractivity contribution in [2.24, 2.45) is 0 Å². The Morgan fingerprint density at radius 1 is 1.15 bits per heavy atom. The molecule has 0 aliphatic heterocycles. The number of benzene rings is 1. The van der Waals surface area contributed by atoms with Crippen LogP contribution in [0.1, 0.15) is 56.9 Å². The maximum atomic E-state index is 11.9. The Morgan fingerprint density at radius 2 is 1.93 bits per heavy atom. The fraction of sp³-hybridized carbons (Fsp3) is 0.476. The second-order valence-corrected chi connectivity index (χ2v) is 6.84. The monoisotopic (exact) mass is 372 g/mol. The highest BCUT2D eigenvalue weighted by Crippen LogP contribution is 2.19. The highest BCUT2D eigenvalue weighted by atomic mass is 16.5. The van der Waals surface area contributed by atoms with Crippen LogP contribution in [-0.4, -0.2) is 31.1 Å². The van der Waals surface area contributed by atoms with Crippen LogP contribution in [0.25, 0.3) is 0 Å². The minimum absolute atomic E-state index is 0.000785. The summed E-state index contributed by atoms with van der Waals surface area (Å²) in [4.78, 5) is 35.3. The van der Waals surface area contributed by atoms with Crippen molar-refractivity contribution in [1.82, 2.24) is 10.6 Å². The molecule has 146 valence electrons. The van der Waals surface area contributed by atoms with Crippen molar-refractivity contribution in [3.63, 3.8) is 0 Å². The first kappa shape index (κ1) is 20.7. The number of carbonyl (C=O) groups is 3. The SMILES string of the molecule is C[C@H](CC(=O)OCC(=O)NC(=O)NCCC1=CCCCC1)c1ccccc1. The van der Waals surface area contributed by atoms with E-state index in [-0.39, 0.29) is 12.3 Å². The first-order chi connectivity index (χ1) is 13.0. The van der Waals surface area contributed by atoms with E-state index in [0.717, 1.165) is 24.8 Å². The van der Waals surface area contributed by atoms with Gasteiger partial charge in [-0.3, -0.25) is 14.9 Å². The summed E-state index contributed by atoms with van der Waals surface area (Å²) < 4.78 is 4.96. The van der Waals surface area contributed by atoms with Gasteiger partial charge in [0.05, 0.1) is 6.42 Å². The molecule has 2 N–H and O–H groups in total. The average Bonchev–Trinajstić information content (AvgIpc) is 2.68. The molecule has 6 heteroatoms. The molecular formula is C21H28N2O4. The maximum absolute atomic E-state index is 11.9. The third-order valence-electron chi connectivity index (χ3n) is 4.58. The van der Waals surface area contributed by atoms with E-state index >= 15 is 0 Å². The molecule has 1 aromatic carbocycles. The summed E-state index contributed by atoms with van der Waals surface area (Å²) in [6, 6.07) is 9.06. The molecule has 0 bridgehead atoms. The third kappa shape index (κ3) is 8.07. The van der Waals surface area contributed by atoms with Crippen molar-refractivity contribution in [3.05, 3.63) is 47.5 Å². The summed E-state index contributed by atoms with van der Waals surface area (Å²) in [6.07, 6.45) is 7.82. The van der Waals surface area contributed by atoms with Gasteiger partial charge in [-0.2, -0.15) is 0 Å². The van der Waals surface area contributed by atoms with Gasteiger partial charge in [-0.05, 0) is 43.6 Å². The maximum Gasteiger partial charge on any atom is 0.321 e. The molecule has 27 heavy (non-hydrogen) atoms. The fourth-order valence-electron chi connectivity index (χ4n) is 3.03. The first-order valence-corrected chi connectivity index (χ1v) is 9.50. The number of esters is 1. The smallest absolute Gasteiger partial charge is 0.321 e. The molecule has 0 saturated carbocycles. The van der Waals surface area contributed by atoms with Crippen molar-refractivity contribution in [3.8, 4) is 0 Å². The second kappa shape index (κ2) is 11.2. The Morgan fingerprint density at radius 3 is 2.63 bits per heavy atom. The Hall–Kier alpha value is -2.63. The van der Waals surface area contributed by atoms with Crippen molar-refractivity contribution in [1.29, 1.82) is 0 Å². The molecule has 6 nitrogen and oxygen atoms in total. The van der Waals surface area contributed by atoms with Crippen molar-refractivity contribution in [2.45, 2.75) is 51.4 Å². The Labute approximate surface area is 160 Å². The number of hydrogen-bond acceptors (Lipinski definition) is 4. The van der Waals surface area contributed by atoms with Gasteiger partial charge in [-0.1, -0.05) is 48.9 Å². The minimum atomic E-state index is -0.634. The molecule has 1 aromatic rings. The van der Waals surface area contributed by atoms with Crippen LogP contribution in [0.5, 0.6) is 0 Å². The number of imide groups is 1. The summed E-state index contributed by atoms with van der Waals surface area (Å²) in [6.45, 7) is 1.95. The van der Waals surface area contributed by atoms with Crippen LogP contribution in [0.3, 0.4) is 0 Å². The zero-order valence-corrected chi connectivity index (χ0v) is 15.8. The van der Waals surface area contributed by atoms with Crippen LogP contribution in [0, 0.1) is 0 Å². The van der Waals surface area contributed by atoms with Gasteiger partial charge in [0.1, 0.15) is 0 Å². The van der Waals surface area contributed by atoms with Crippen molar-refractivity contribution >= 4 is 17.9 Å². The summed E-state index contributed by atoms with van der Waals surface area (Å²) in [5.41, 5.74) is 2.39. The average molecular weight is 372 g/mol. The number of nitrogens with one attached hydrogen (secondary N) is 2. The van der Waals surface area contributed by atoms with Crippen LogP contribution in [0.4, 0.5) is 4.79 Å². The molecule has 0 unspecified atom stereocenters. The van der Waals surface area contributed by atoms with Crippen LogP contribution in [0.15, 0.2) is 42.0 Å². The fourth-order valence-corrected chi connectivity index (χ4v) is 3.03. The Kier molecular flexibility index (Phi) is 8.55. The quantitative estimate of drug-likeness (QED) is 0.541. The Balaban J connectivity index is 1.59. The molecule has 0 heterocycles. The minimum Gasteiger partial charge on any atom is -0.456 e. The molecule has 1 atom stereocenters. The van der Waals surface area contributed by atoms with Gasteiger partial charge in [-0.15, -0.1) is 0 Å². The van der Waals surface area contributed by atoms with Gasteiger partial charge in [0.2, 0.25) is 0 Å². The van der Waals surface area contributed by atoms with E-state index in [2.05, 4.69) is 16.7 Å².